The van der Waals surface area contributed by atoms with Crippen molar-refractivity contribution in [1.29, 1.82) is 0 Å². The van der Waals surface area contributed by atoms with Gasteiger partial charge in [-0.2, -0.15) is 0 Å². The lowest BCUT2D eigenvalue weighted by Gasteiger charge is -2.20. The molecule has 21 heavy (non-hydrogen) atoms. The van der Waals surface area contributed by atoms with Crippen LogP contribution >= 0.6 is 0 Å². The Morgan fingerprint density at radius 1 is 1.10 bits per heavy atom. The lowest BCUT2D eigenvalue weighted by molar-refractivity contribution is 0.0783. The molecule has 2 atom stereocenters. The second-order valence-corrected chi connectivity index (χ2v) is 6.37. The summed E-state index contributed by atoms with van der Waals surface area (Å²) < 4.78 is 0. The van der Waals surface area contributed by atoms with Crippen molar-refractivity contribution in [2.75, 3.05) is 26.2 Å². The highest BCUT2D eigenvalue weighted by molar-refractivity contribution is 6.08. The van der Waals surface area contributed by atoms with E-state index in [0.717, 1.165) is 48.1 Å². The van der Waals surface area contributed by atoms with E-state index >= 15 is 0 Å². The molecule has 2 saturated heterocycles. The molecule has 0 bridgehead atoms. The van der Waals surface area contributed by atoms with Gasteiger partial charge in [-0.3, -0.25) is 4.79 Å². The van der Waals surface area contributed by atoms with E-state index in [1.807, 2.05) is 19.1 Å². The Morgan fingerprint density at radius 3 is 2.57 bits per heavy atom. The maximum Gasteiger partial charge on any atom is 0.254 e. The van der Waals surface area contributed by atoms with Gasteiger partial charge in [0.1, 0.15) is 0 Å². The fraction of sp³-hybridized carbons (Fsp3) is 0.389. The summed E-state index contributed by atoms with van der Waals surface area (Å²) in [5, 5.41) is 5.65. The summed E-state index contributed by atoms with van der Waals surface area (Å²) in [6.07, 6.45) is 0. The average molecular weight is 280 g/mol. The van der Waals surface area contributed by atoms with Gasteiger partial charge in [-0.25, -0.2) is 0 Å². The van der Waals surface area contributed by atoms with E-state index in [1.165, 1.54) is 0 Å². The Bertz CT molecular complexity index is 697. The number of amides is 1. The van der Waals surface area contributed by atoms with Crippen molar-refractivity contribution >= 4 is 16.7 Å². The molecule has 2 aliphatic rings. The Balaban J connectivity index is 1.73. The number of aryl methyl sites for hydroxylation is 1. The number of fused-ring (bicyclic) bond motifs is 2. The van der Waals surface area contributed by atoms with Gasteiger partial charge in [-0.05, 0) is 35.1 Å². The van der Waals surface area contributed by atoms with E-state index in [1.54, 1.807) is 0 Å². The molecule has 1 N–H and O–H groups in total. The van der Waals surface area contributed by atoms with Crippen LogP contribution < -0.4 is 5.32 Å². The first kappa shape index (κ1) is 12.8. The van der Waals surface area contributed by atoms with Gasteiger partial charge < -0.3 is 10.2 Å². The molecule has 2 aromatic carbocycles. The monoisotopic (exact) mass is 280 g/mol. The molecule has 3 heteroatoms. The molecule has 2 unspecified atom stereocenters. The van der Waals surface area contributed by atoms with Gasteiger partial charge in [0.2, 0.25) is 0 Å². The van der Waals surface area contributed by atoms with Gasteiger partial charge in [0.05, 0.1) is 5.56 Å². The topological polar surface area (TPSA) is 32.3 Å². The molecule has 0 saturated carbocycles. The number of benzene rings is 2. The number of carbonyl (C=O) groups excluding carboxylic acids is 1. The van der Waals surface area contributed by atoms with Crippen LogP contribution in [0.5, 0.6) is 0 Å². The second-order valence-electron chi connectivity index (χ2n) is 6.37. The fourth-order valence-electron chi connectivity index (χ4n) is 3.84. The normalized spacial score (nSPS) is 24.5. The van der Waals surface area contributed by atoms with Crippen molar-refractivity contribution in [1.82, 2.24) is 10.2 Å². The minimum atomic E-state index is 0.207. The number of rotatable bonds is 1. The lowest BCUT2D eigenvalue weighted by atomic mass is 9.99. The quantitative estimate of drug-likeness (QED) is 0.870. The zero-order valence-corrected chi connectivity index (χ0v) is 12.3. The van der Waals surface area contributed by atoms with Gasteiger partial charge >= 0.3 is 0 Å². The Kier molecular flexibility index (Phi) is 2.96. The molecule has 2 heterocycles. The lowest BCUT2D eigenvalue weighted by Crippen LogP contribution is -2.32. The Morgan fingerprint density at radius 2 is 1.81 bits per heavy atom. The van der Waals surface area contributed by atoms with Gasteiger partial charge in [0.25, 0.3) is 5.91 Å². The van der Waals surface area contributed by atoms with Crippen LogP contribution in [0.1, 0.15) is 15.9 Å². The highest BCUT2D eigenvalue weighted by atomic mass is 16.2. The van der Waals surface area contributed by atoms with E-state index in [9.17, 15) is 4.79 Å². The number of carbonyl (C=O) groups is 1. The molecule has 2 fully saturated rings. The summed E-state index contributed by atoms with van der Waals surface area (Å²) in [6, 6.07) is 12.3. The van der Waals surface area contributed by atoms with E-state index in [2.05, 4.69) is 34.5 Å². The van der Waals surface area contributed by atoms with Crippen LogP contribution in [0.15, 0.2) is 36.4 Å². The predicted octanol–water partition coefficient (Wildman–Crippen LogP) is 2.44. The van der Waals surface area contributed by atoms with Gasteiger partial charge in [0, 0.05) is 26.2 Å². The van der Waals surface area contributed by atoms with Crippen molar-refractivity contribution < 1.29 is 4.79 Å². The summed E-state index contributed by atoms with van der Waals surface area (Å²) >= 11 is 0. The first-order valence-corrected chi connectivity index (χ1v) is 7.72. The zero-order chi connectivity index (χ0) is 14.4. The molecule has 0 aromatic heterocycles. The fourth-order valence-corrected chi connectivity index (χ4v) is 3.84. The minimum absolute atomic E-state index is 0.207. The van der Waals surface area contributed by atoms with Crippen LogP contribution in [0.3, 0.4) is 0 Å². The van der Waals surface area contributed by atoms with Crippen LogP contribution in [0, 0.1) is 18.8 Å². The van der Waals surface area contributed by atoms with E-state index < -0.39 is 0 Å². The van der Waals surface area contributed by atoms with E-state index in [4.69, 9.17) is 0 Å². The Hall–Kier alpha value is -1.87. The summed E-state index contributed by atoms with van der Waals surface area (Å²) in [6.45, 7) is 5.96. The molecule has 0 radical (unpaired) electrons. The number of hydrogen-bond donors (Lipinski definition) is 1. The molecule has 1 amide bonds. The summed E-state index contributed by atoms with van der Waals surface area (Å²) in [7, 11) is 0. The molecule has 108 valence electrons. The molecule has 0 spiro atoms. The van der Waals surface area contributed by atoms with Gasteiger partial charge in [-0.15, -0.1) is 0 Å². The third kappa shape index (κ3) is 2.04. The smallest absolute Gasteiger partial charge is 0.254 e. The van der Waals surface area contributed by atoms with Crippen LogP contribution in [0.25, 0.3) is 10.8 Å². The van der Waals surface area contributed by atoms with Crippen LogP contribution in [0.2, 0.25) is 0 Å². The average Bonchev–Trinajstić information content (AvgIpc) is 3.07. The van der Waals surface area contributed by atoms with Crippen LogP contribution in [-0.4, -0.2) is 37.0 Å². The first-order valence-electron chi connectivity index (χ1n) is 7.72. The van der Waals surface area contributed by atoms with Crippen molar-refractivity contribution in [3.63, 3.8) is 0 Å². The molecular formula is C18H20N2O. The largest absolute Gasteiger partial charge is 0.338 e. The molecule has 2 aromatic rings. The SMILES string of the molecule is Cc1ccc2ccccc2c1C(=O)N1CC2CNCC2C1. The number of hydrogen-bond acceptors (Lipinski definition) is 2. The highest BCUT2D eigenvalue weighted by Crippen LogP contribution is 2.30. The molecule has 4 rings (SSSR count). The maximum absolute atomic E-state index is 13.0. The van der Waals surface area contributed by atoms with E-state index in [-0.39, 0.29) is 5.91 Å². The van der Waals surface area contributed by atoms with E-state index in [0.29, 0.717) is 11.8 Å². The number of nitrogens with zero attached hydrogens (tertiary/aromatic N) is 1. The maximum atomic E-state index is 13.0. The van der Waals surface area contributed by atoms with Gasteiger partial charge in [0.15, 0.2) is 0 Å². The zero-order valence-electron chi connectivity index (χ0n) is 12.3. The van der Waals surface area contributed by atoms with Crippen LogP contribution in [-0.2, 0) is 0 Å². The predicted molar refractivity (Wildman–Crippen MR) is 84.4 cm³/mol. The number of nitrogens with one attached hydrogen (secondary N) is 1. The van der Waals surface area contributed by atoms with Crippen molar-refractivity contribution in [2.24, 2.45) is 11.8 Å². The number of likely N-dealkylation sites (tertiary alicyclic amines) is 1. The van der Waals surface area contributed by atoms with Crippen molar-refractivity contribution in [3.05, 3.63) is 47.5 Å². The van der Waals surface area contributed by atoms with Crippen molar-refractivity contribution in [2.45, 2.75) is 6.92 Å². The van der Waals surface area contributed by atoms with Crippen LogP contribution in [0.4, 0.5) is 0 Å². The molecule has 2 aliphatic heterocycles. The first-order chi connectivity index (χ1) is 10.2. The summed E-state index contributed by atoms with van der Waals surface area (Å²) in [4.78, 5) is 15.1. The second kappa shape index (κ2) is 4.85. The summed E-state index contributed by atoms with van der Waals surface area (Å²) in [5.41, 5.74) is 1.97. The molecular weight excluding hydrogens is 260 g/mol. The van der Waals surface area contributed by atoms with Crippen molar-refractivity contribution in [3.8, 4) is 0 Å². The highest BCUT2D eigenvalue weighted by Gasteiger charge is 2.38. The molecule has 0 aliphatic carbocycles. The van der Waals surface area contributed by atoms with Gasteiger partial charge in [-0.1, -0.05) is 36.4 Å². The Labute approximate surface area is 124 Å². The molecule has 3 nitrogen and oxygen atoms in total. The minimum Gasteiger partial charge on any atom is -0.338 e. The summed E-state index contributed by atoms with van der Waals surface area (Å²) in [5.74, 6) is 1.49. The third-order valence-corrected chi connectivity index (χ3v) is 5.03. The third-order valence-electron chi connectivity index (χ3n) is 5.03. The standard InChI is InChI=1S/C18H20N2O/c1-12-6-7-13-4-2-3-5-16(13)17(12)18(21)20-10-14-8-19-9-15(14)11-20/h2-7,14-15,19H,8-11H2,1H3.